The first kappa shape index (κ1) is 19.2. The summed E-state index contributed by atoms with van der Waals surface area (Å²) in [7, 11) is 0. The van der Waals surface area contributed by atoms with E-state index in [-0.39, 0.29) is 18.3 Å². The summed E-state index contributed by atoms with van der Waals surface area (Å²) in [5.74, 6) is 0.985. The number of carbonyl (C=O) groups excluding carboxylic acids is 1. The lowest BCUT2D eigenvalue weighted by Crippen LogP contribution is -2.47. The number of piperidine rings is 1. The highest BCUT2D eigenvalue weighted by Gasteiger charge is 2.47. The van der Waals surface area contributed by atoms with Gasteiger partial charge in [0.05, 0.1) is 0 Å². The van der Waals surface area contributed by atoms with Gasteiger partial charge in [-0.05, 0) is 61.0 Å². The maximum Gasteiger partial charge on any atom is 0.226 e. The Hall–Kier alpha value is -1.58. The number of nitrogens with zero attached hydrogens (tertiary/aromatic N) is 1. The topological polar surface area (TPSA) is 32.3 Å². The summed E-state index contributed by atoms with van der Waals surface area (Å²) in [6.07, 6.45) is 4.24. The van der Waals surface area contributed by atoms with Crippen molar-refractivity contribution in [3.8, 4) is 0 Å². The molecule has 2 aliphatic rings. The molecule has 1 heterocycles. The van der Waals surface area contributed by atoms with Gasteiger partial charge in [-0.25, -0.2) is 0 Å². The molecule has 0 bridgehead atoms. The molecule has 1 saturated heterocycles. The Morgan fingerprint density at radius 1 is 1.12 bits per heavy atom. The van der Waals surface area contributed by atoms with Gasteiger partial charge >= 0.3 is 0 Å². The first-order chi connectivity index (χ1) is 12.3. The van der Waals surface area contributed by atoms with Gasteiger partial charge in [-0.15, -0.1) is 12.4 Å². The van der Waals surface area contributed by atoms with E-state index in [4.69, 9.17) is 0 Å². The predicted octanol–water partition coefficient (Wildman–Crippen LogP) is 4.36. The van der Waals surface area contributed by atoms with Crippen molar-refractivity contribution in [3.05, 3.63) is 48.0 Å². The molecule has 4 rings (SSSR count). The minimum Gasteiger partial charge on any atom is -0.339 e. The van der Waals surface area contributed by atoms with Gasteiger partial charge in [0.15, 0.2) is 0 Å². The summed E-state index contributed by atoms with van der Waals surface area (Å²) in [5, 5.41) is 6.01. The molecule has 140 valence electrons. The third-order valence-corrected chi connectivity index (χ3v) is 5.83. The molecule has 2 aromatic carbocycles. The highest BCUT2D eigenvalue weighted by molar-refractivity contribution is 5.89. The van der Waals surface area contributed by atoms with Crippen LogP contribution in [0.3, 0.4) is 0 Å². The molecule has 0 radical (unpaired) electrons. The summed E-state index contributed by atoms with van der Waals surface area (Å²) in [6, 6.07) is 15.5. The number of hydrogen-bond donors (Lipinski definition) is 1. The molecule has 2 aromatic rings. The summed E-state index contributed by atoms with van der Waals surface area (Å²) in [6.45, 7) is 5.16. The molecule has 3 nitrogen and oxygen atoms in total. The van der Waals surface area contributed by atoms with Crippen LogP contribution in [-0.4, -0.2) is 36.5 Å². The van der Waals surface area contributed by atoms with E-state index in [1.807, 2.05) is 0 Å². The second-order valence-electron chi connectivity index (χ2n) is 7.53. The van der Waals surface area contributed by atoms with E-state index < -0.39 is 0 Å². The molecule has 26 heavy (non-hydrogen) atoms. The average Bonchev–Trinajstić information content (AvgIpc) is 3.46. The van der Waals surface area contributed by atoms with Crippen LogP contribution in [-0.2, 0) is 4.79 Å². The largest absolute Gasteiger partial charge is 0.339 e. The smallest absolute Gasteiger partial charge is 0.226 e. The summed E-state index contributed by atoms with van der Waals surface area (Å²) in [5.41, 5.74) is 1.36. The number of rotatable bonds is 5. The van der Waals surface area contributed by atoms with Crippen LogP contribution in [0.4, 0.5) is 0 Å². The monoisotopic (exact) mass is 372 g/mol. The van der Waals surface area contributed by atoms with Gasteiger partial charge in [-0.1, -0.05) is 49.4 Å². The molecule has 1 saturated carbocycles. The molecular formula is C22H29ClN2O. The van der Waals surface area contributed by atoms with E-state index in [1.165, 1.54) is 16.3 Å². The summed E-state index contributed by atoms with van der Waals surface area (Å²) in [4.78, 5) is 15.4. The van der Waals surface area contributed by atoms with Crippen LogP contribution in [0.5, 0.6) is 0 Å². The van der Waals surface area contributed by atoms with Gasteiger partial charge in [-0.3, -0.25) is 4.79 Å². The quantitative estimate of drug-likeness (QED) is 0.845. The number of hydrogen-bond acceptors (Lipinski definition) is 2. The Labute approximate surface area is 162 Å². The van der Waals surface area contributed by atoms with Crippen molar-refractivity contribution in [1.29, 1.82) is 0 Å². The van der Waals surface area contributed by atoms with Crippen LogP contribution in [0.1, 0.15) is 44.1 Å². The van der Waals surface area contributed by atoms with Crippen LogP contribution in [0.25, 0.3) is 10.8 Å². The predicted molar refractivity (Wildman–Crippen MR) is 110 cm³/mol. The standard InChI is InChI=1S/C22H28N2O.ClH/c1-2-14-24(17-10-12-23-13-11-17)22(25)21-15-20(21)19-9-5-7-16-6-3-4-8-18(16)19;/h3-9,17,20-21,23H,2,10-15H2,1H3;1H. The van der Waals surface area contributed by atoms with Gasteiger partial charge in [0.2, 0.25) is 5.91 Å². The van der Waals surface area contributed by atoms with Crippen LogP contribution in [0.15, 0.2) is 42.5 Å². The third-order valence-electron chi connectivity index (χ3n) is 5.83. The normalized spacial score (nSPS) is 22.7. The molecule has 1 amide bonds. The minimum atomic E-state index is 0. The molecule has 0 spiro atoms. The fraction of sp³-hybridized carbons (Fsp3) is 0.500. The van der Waals surface area contributed by atoms with E-state index in [2.05, 4.69) is 59.6 Å². The Bertz CT molecular complexity index is 751. The zero-order chi connectivity index (χ0) is 17.2. The molecule has 4 heteroatoms. The Balaban J connectivity index is 0.00000196. The van der Waals surface area contributed by atoms with Gasteiger partial charge < -0.3 is 10.2 Å². The second kappa shape index (κ2) is 8.41. The zero-order valence-corrected chi connectivity index (χ0v) is 16.3. The fourth-order valence-corrected chi connectivity index (χ4v) is 4.43. The SMILES string of the molecule is CCCN(C(=O)C1CC1c1cccc2ccccc12)C1CCNCC1.Cl. The van der Waals surface area contributed by atoms with Crippen molar-refractivity contribution < 1.29 is 4.79 Å². The maximum absolute atomic E-state index is 13.2. The van der Waals surface area contributed by atoms with Gasteiger partial charge in [-0.2, -0.15) is 0 Å². The van der Waals surface area contributed by atoms with Crippen molar-refractivity contribution >= 4 is 29.1 Å². The van der Waals surface area contributed by atoms with Crippen LogP contribution < -0.4 is 5.32 Å². The van der Waals surface area contributed by atoms with Crippen molar-refractivity contribution in [2.75, 3.05) is 19.6 Å². The van der Waals surface area contributed by atoms with Gasteiger partial charge in [0.1, 0.15) is 0 Å². The molecule has 1 aliphatic heterocycles. The fourth-order valence-electron chi connectivity index (χ4n) is 4.43. The molecule has 0 aromatic heterocycles. The molecule has 2 atom stereocenters. The van der Waals surface area contributed by atoms with Crippen molar-refractivity contribution in [1.82, 2.24) is 10.2 Å². The first-order valence-electron chi connectivity index (χ1n) is 9.78. The number of amides is 1. The molecule has 1 aliphatic carbocycles. The molecular weight excluding hydrogens is 344 g/mol. The van der Waals surface area contributed by atoms with Gasteiger partial charge in [0.25, 0.3) is 0 Å². The Morgan fingerprint density at radius 2 is 1.85 bits per heavy atom. The van der Waals surface area contributed by atoms with Crippen LogP contribution in [0, 0.1) is 5.92 Å². The molecule has 1 N–H and O–H groups in total. The maximum atomic E-state index is 13.2. The van der Waals surface area contributed by atoms with E-state index in [1.54, 1.807) is 0 Å². The van der Waals surface area contributed by atoms with Gasteiger partial charge in [0, 0.05) is 18.5 Å². The summed E-state index contributed by atoms with van der Waals surface area (Å²) >= 11 is 0. The highest BCUT2D eigenvalue weighted by Crippen LogP contribution is 2.50. The van der Waals surface area contributed by atoms with Crippen molar-refractivity contribution in [2.24, 2.45) is 5.92 Å². The second-order valence-corrected chi connectivity index (χ2v) is 7.53. The lowest BCUT2D eigenvalue weighted by molar-refractivity contribution is -0.135. The number of nitrogens with one attached hydrogen (secondary N) is 1. The Kier molecular flexibility index (Phi) is 6.20. The van der Waals surface area contributed by atoms with Crippen molar-refractivity contribution in [2.45, 2.75) is 44.6 Å². The van der Waals surface area contributed by atoms with E-state index in [9.17, 15) is 4.79 Å². The number of carbonyl (C=O) groups is 1. The summed E-state index contributed by atoms with van der Waals surface area (Å²) < 4.78 is 0. The zero-order valence-electron chi connectivity index (χ0n) is 15.5. The number of halogens is 1. The minimum absolute atomic E-state index is 0. The molecule has 2 unspecified atom stereocenters. The lowest BCUT2D eigenvalue weighted by atomic mass is 9.99. The van der Waals surface area contributed by atoms with E-state index in [0.29, 0.717) is 17.9 Å². The number of benzene rings is 2. The third kappa shape index (κ3) is 3.74. The highest BCUT2D eigenvalue weighted by atomic mass is 35.5. The average molecular weight is 373 g/mol. The van der Waals surface area contributed by atoms with E-state index >= 15 is 0 Å². The Morgan fingerprint density at radius 3 is 2.62 bits per heavy atom. The van der Waals surface area contributed by atoms with Crippen LogP contribution in [0.2, 0.25) is 0 Å². The van der Waals surface area contributed by atoms with Crippen molar-refractivity contribution in [3.63, 3.8) is 0 Å². The molecule has 2 fully saturated rings. The van der Waals surface area contributed by atoms with Crippen LogP contribution >= 0.6 is 12.4 Å². The lowest BCUT2D eigenvalue weighted by Gasteiger charge is -2.35. The first-order valence-corrected chi connectivity index (χ1v) is 9.78. The van der Waals surface area contributed by atoms with E-state index in [0.717, 1.165) is 45.3 Å². The number of fused-ring (bicyclic) bond motifs is 1.